The number of amides is 2. The molecule has 4 N–H and O–H groups in total. The van der Waals surface area contributed by atoms with Crippen LogP contribution in [0.15, 0.2) is 24.3 Å². The lowest BCUT2D eigenvalue weighted by atomic mass is 9.80. The van der Waals surface area contributed by atoms with Crippen molar-refractivity contribution in [1.82, 2.24) is 30.8 Å². The lowest BCUT2D eigenvalue weighted by Crippen LogP contribution is -2.75. The minimum atomic E-state index is -5.27. The van der Waals surface area contributed by atoms with E-state index < -0.39 is 41.9 Å². The van der Waals surface area contributed by atoms with Crippen LogP contribution in [-0.2, 0) is 17.8 Å². The van der Waals surface area contributed by atoms with Crippen LogP contribution in [0.25, 0.3) is 10.9 Å². The summed E-state index contributed by atoms with van der Waals surface area (Å²) in [5.74, 6) is -3.77. The zero-order valence-electron chi connectivity index (χ0n) is 20.2. The van der Waals surface area contributed by atoms with Crippen molar-refractivity contribution in [3.63, 3.8) is 0 Å². The number of piperidine rings is 1. The third-order valence-corrected chi connectivity index (χ3v) is 8.17. The Bertz CT molecular complexity index is 1420. The standard InChI is InChI=1S/C24H24ClF3N6O3S/c1-34-7-5-15-17(10-34)38-21(31-15)20(36)33-23(22(37)24(26,27)28)11-29-6-4-18(23)32-19(35)16-9-12-8-13(25)2-3-14(12)30-16/h2-3,8-9,18,29-30H,4-7,10-11H2,1H3,(H,32,35)(H,33,36)/t18-,23+/m0/s1. The van der Waals surface area contributed by atoms with Crippen LogP contribution in [0.5, 0.6) is 0 Å². The molecule has 2 aliphatic heterocycles. The first-order valence-electron chi connectivity index (χ1n) is 11.9. The number of benzene rings is 1. The molecule has 4 heterocycles. The number of fused-ring (bicyclic) bond motifs is 2. The summed E-state index contributed by atoms with van der Waals surface area (Å²) < 4.78 is 41.7. The molecule has 202 valence electrons. The molecule has 1 fully saturated rings. The maximum absolute atomic E-state index is 13.9. The van der Waals surface area contributed by atoms with Crippen molar-refractivity contribution in [3.05, 3.63) is 50.6 Å². The van der Waals surface area contributed by atoms with Crippen molar-refractivity contribution < 1.29 is 27.6 Å². The molecule has 0 saturated carbocycles. The number of ketones is 1. The van der Waals surface area contributed by atoms with Crippen molar-refractivity contribution in [2.24, 2.45) is 0 Å². The van der Waals surface area contributed by atoms with E-state index in [0.717, 1.165) is 28.5 Å². The number of alkyl halides is 3. The van der Waals surface area contributed by atoms with Crippen molar-refractivity contribution in [3.8, 4) is 0 Å². The molecule has 0 radical (unpaired) electrons. The number of nitrogens with zero attached hydrogens (tertiary/aromatic N) is 2. The first-order chi connectivity index (χ1) is 18.0. The number of hydrogen-bond donors (Lipinski definition) is 4. The first kappa shape index (κ1) is 26.6. The maximum Gasteiger partial charge on any atom is 0.452 e. The van der Waals surface area contributed by atoms with E-state index in [1.54, 1.807) is 18.2 Å². The minimum absolute atomic E-state index is 0.0252. The molecule has 2 atom stereocenters. The molecule has 2 amide bonds. The molecule has 14 heteroatoms. The van der Waals surface area contributed by atoms with Gasteiger partial charge in [-0.3, -0.25) is 14.4 Å². The van der Waals surface area contributed by atoms with Gasteiger partial charge in [-0.1, -0.05) is 11.6 Å². The summed E-state index contributed by atoms with van der Waals surface area (Å²) in [5.41, 5.74) is -1.06. The highest BCUT2D eigenvalue weighted by atomic mass is 35.5. The Morgan fingerprint density at radius 3 is 2.79 bits per heavy atom. The summed E-state index contributed by atoms with van der Waals surface area (Å²) >= 11 is 7.09. The molecule has 1 saturated heterocycles. The van der Waals surface area contributed by atoms with Gasteiger partial charge < -0.3 is 25.8 Å². The smallest absolute Gasteiger partial charge is 0.351 e. The number of carbonyl (C=O) groups is 3. The van der Waals surface area contributed by atoms with Gasteiger partial charge in [0.2, 0.25) is 0 Å². The van der Waals surface area contributed by atoms with Gasteiger partial charge in [0.15, 0.2) is 5.01 Å². The highest BCUT2D eigenvalue weighted by Crippen LogP contribution is 2.31. The van der Waals surface area contributed by atoms with Crippen molar-refractivity contribution >= 4 is 51.4 Å². The monoisotopic (exact) mass is 568 g/mol. The van der Waals surface area contributed by atoms with E-state index in [-0.39, 0.29) is 23.7 Å². The van der Waals surface area contributed by atoms with Crippen LogP contribution >= 0.6 is 22.9 Å². The molecule has 0 spiro atoms. The quantitative estimate of drug-likeness (QED) is 0.376. The van der Waals surface area contributed by atoms with Gasteiger partial charge in [-0.05, 0) is 44.3 Å². The SMILES string of the molecule is CN1CCc2nc(C(=O)N[C@]3(C(=O)C(F)(F)F)CNCC[C@@H]3NC(=O)c3cc4cc(Cl)ccc4[nH]3)sc2C1. The Morgan fingerprint density at radius 2 is 2.03 bits per heavy atom. The Balaban J connectivity index is 1.45. The minimum Gasteiger partial charge on any atom is -0.351 e. The summed E-state index contributed by atoms with van der Waals surface area (Å²) in [6, 6.07) is 5.11. The zero-order chi connectivity index (χ0) is 27.2. The third-order valence-electron chi connectivity index (χ3n) is 6.86. The predicted octanol–water partition coefficient (Wildman–Crippen LogP) is 2.66. The number of Topliss-reactive ketones (excluding diaryl/α,β-unsaturated/α-hetero) is 1. The number of thiazole rings is 1. The average Bonchev–Trinajstić information content (AvgIpc) is 3.48. The van der Waals surface area contributed by atoms with Crippen LogP contribution in [0.3, 0.4) is 0 Å². The summed E-state index contributed by atoms with van der Waals surface area (Å²) in [7, 11) is 1.92. The van der Waals surface area contributed by atoms with E-state index in [1.807, 2.05) is 11.9 Å². The number of carbonyl (C=O) groups excluding carboxylic acids is 3. The molecular formula is C24H24ClF3N6O3S. The van der Waals surface area contributed by atoms with Gasteiger partial charge in [0, 0.05) is 46.9 Å². The second-order valence-corrected chi connectivity index (χ2v) is 11.1. The average molecular weight is 569 g/mol. The van der Waals surface area contributed by atoms with Crippen molar-refractivity contribution in [2.45, 2.75) is 37.1 Å². The van der Waals surface area contributed by atoms with Crippen molar-refractivity contribution in [1.29, 1.82) is 0 Å². The number of nitrogens with one attached hydrogen (secondary N) is 4. The van der Waals surface area contributed by atoms with Crippen LogP contribution in [-0.4, -0.2) is 76.9 Å². The van der Waals surface area contributed by atoms with E-state index in [0.29, 0.717) is 28.9 Å². The molecule has 9 nitrogen and oxygen atoms in total. The highest BCUT2D eigenvalue weighted by molar-refractivity contribution is 7.13. The fourth-order valence-electron chi connectivity index (χ4n) is 4.91. The number of hydrogen-bond acceptors (Lipinski definition) is 7. The topological polar surface area (TPSA) is 119 Å². The second kappa shape index (κ2) is 9.95. The number of halogens is 4. The van der Waals surface area contributed by atoms with Crippen LogP contribution in [0, 0.1) is 0 Å². The van der Waals surface area contributed by atoms with E-state index in [2.05, 4.69) is 25.9 Å². The zero-order valence-corrected chi connectivity index (χ0v) is 21.7. The Morgan fingerprint density at radius 1 is 1.24 bits per heavy atom. The predicted molar refractivity (Wildman–Crippen MR) is 135 cm³/mol. The molecule has 0 aliphatic carbocycles. The summed E-state index contributed by atoms with van der Waals surface area (Å²) in [5, 5.41) is 8.74. The molecule has 38 heavy (non-hydrogen) atoms. The molecule has 0 unspecified atom stereocenters. The molecule has 2 aliphatic rings. The molecule has 0 bridgehead atoms. The lowest BCUT2D eigenvalue weighted by molar-refractivity contribution is -0.179. The Kier molecular flexibility index (Phi) is 6.97. The van der Waals surface area contributed by atoms with Gasteiger partial charge in [-0.2, -0.15) is 13.2 Å². The molecular weight excluding hydrogens is 545 g/mol. The summed E-state index contributed by atoms with van der Waals surface area (Å²) in [6.07, 6.45) is -4.69. The first-order valence-corrected chi connectivity index (χ1v) is 13.1. The van der Waals surface area contributed by atoms with Gasteiger partial charge in [0.25, 0.3) is 17.6 Å². The fraction of sp³-hybridized carbons (Fsp3) is 0.417. The second-order valence-electron chi connectivity index (χ2n) is 9.54. The fourth-order valence-corrected chi connectivity index (χ4v) is 6.18. The number of rotatable bonds is 5. The Hall–Kier alpha value is -3.00. The van der Waals surface area contributed by atoms with Gasteiger partial charge in [0.1, 0.15) is 11.2 Å². The number of aromatic nitrogens is 2. The van der Waals surface area contributed by atoms with E-state index >= 15 is 0 Å². The Labute approximate surface area is 224 Å². The molecule has 3 aromatic rings. The largest absolute Gasteiger partial charge is 0.452 e. The van der Waals surface area contributed by atoms with E-state index in [1.165, 1.54) is 6.07 Å². The molecule has 1 aromatic carbocycles. The van der Waals surface area contributed by atoms with E-state index in [4.69, 9.17) is 11.6 Å². The third kappa shape index (κ3) is 5.03. The van der Waals surface area contributed by atoms with Gasteiger partial charge >= 0.3 is 6.18 Å². The van der Waals surface area contributed by atoms with Crippen LogP contribution in [0.4, 0.5) is 13.2 Å². The van der Waals surface area contributed by atoms with E-state index in [9.17, 15) is 27.6 Å². The number of H-pyrrole nitrogens is 1. The summed E-state index contributed by atoms with van der Waals surface area (Å²) in [6.45, 7) is 1.03. The number of aromatic amines is 1. The van der Waals surface area contributed by atoms with Gasteiger partial charge in [-0.25, -0.2) is 4.98 Å². The maximum atomic E-state index is 13.9. The van der Waals surface area contributed by atoms with Crippen LogP contribution in [0.2, 0.25) is 5.02 Å². The number of likely N-dealkylation sites (N-methyl/N-ethyl adjacent to an activating group) is 1. The molecule has 5 rings (SSSR count). The van der Waals surface area contributed by atoms with Crippen LogP contribution < -0.4 is 16.0 Å². The summed E-state index contributed by atoms with van der Waals surface area (Å²) in [4.78, 5) is 49.4. The van der Waals surface area contributed by atoms with Crippen LogP contribution in [0.1, 0.15) is 37.3 Å². The highest BCUT2D eigenvalue weighted by Gasteiger charge is 2.59. The van der Waals surface area contributed by atoms with Crippen molar-refractivity contribution in [2.75, 3.05) is 26.7 Å². The molecule has 2 aromatic heterocycles. The van der Waals surface area contributed by atoms with Gasteiger partial charge in [0.05, 0.1) is 11.7 Å². The lowest BCUT2D eigenvalue weighted by Gasteiger charge is -2.43. The normalized spacial score (nSPS) is 22.2. The van der Waals surface area contributed by atoms with Gasteiger partial charge in [-0.15, -0.1) is 11.3 Å².